The molecular weight excluding hydrogens is 356 g/mol. The molecule has 2 aliphatic heterocycles. The maximum absolute atomic E-state index is 11.8. The molecule has 0 aromatic heterocycles. The van der Waals surface area contributed by atoms with Crippen molar-refractivity contribution in [3.05, 3.63) is 0 Å². The first-order valence-corrected chi connectivity index (χ1v) is 12.8. The van der Waals surface area contributed by atoms with Crippen LogP contribution in [-0.4, -0.2) is 62.9 Å². The second-order valence-corrected chi connectivity index (χ2v) is 11.8. The number of ether oxygens (including phenoxy) is 1. The van der Waals surface area contributed by atoms with E-state index in [1.165, 1.54) is 24.9 Å². The van der Waals surface area contributed by atoms with Gasteiger partial charge in [0.2, 0.25) is 0 Å². The van der Waals surface area contributed by atoms with Crippen molar-refractivity contribution in [2.75, 3.05) is 25.7 Å². The summed E-state index contributed by atoms with van der Waals surface area (Å²) < 4.78 is 29.3. The Labute approximate surface area is 157 Å². The molecule has 1 saturated carbocycles. The van der Waals surface area contributed by atoms with E-state index in [0.717, 1.165) is 50.3 Å². The predicted octanol–water partition coefficient (Wildman–Crippen LogP) is 2.17. The summed E-state index contributed by atoms with van der Waals surface area (Å²) in [6.45, 7) is 1.08. The minimum absolute atomic E-state index is 0.126. The Morgan fingerprint density at radius 1 is 1.16 bits per heavy atom. The summed E-state index contributed by atoms with van der Waals surface area (Å²) in [4.78, 5) is 0. The van der Waals surface area contributed by atoms with Crippen molar-refractivity contribution in [3.63, 3.8) is 0 Å². The Hall–Kier alpha value is 0.180. The molecule has 0 bridgehead atoms. The van der Waals surface area contributed by atoms with Crippen LogP contribution in [-0.2, 0) is 14.6 Å². The Morgan fingerprint density at radius 2 is 1.92 bits per heavy atom. The molecule has 0 radical (unpaired) electrons. The van der Waals surface area contributed by atoms with E-state index in [1.807, 2.05) is 7.11 Å². The summed E-state index contributed by atoms with van der Waals surface area (Å²) in [7, 11) is -1.07. The van der Waals surface area contributed by atoms with Crippen LogP contribution in [0.4, 0.5) is 0 Å². The fourth-order valence-corrected chi connectivity index (χ4v) is 7.04. The third-order valence-electron chi connectivity index (χ3n) is 6.27. The van der Waals surface area contributed by atoms with Gasteiger partial charge in [-0.1, -0.05) is 0 Å². The van der Waals surface area contributed by atoms with Gasteiger partial charge in [0.1, 0.15) is 9.84 Å². The van der Waals surface area contributed by atoms with Crippen LogP contribution >= 0.6 is 11.8 Å². The lowest BCUT2D eigenvalue weighted by atomic mass is 9.79. The van der Waals surface area contributed by atoms with Crippen molar-refractivity contribution >= 4 is 21.6 Å². The van der Waals surface area contributed by atoms with E-state index in [4.69, 9.17) is 4.74 Å². The largest absolute Gasteiger partial charge is 0.381 e. The summed E-state index contributed by atoms with van der Waals surface area (Å²) >= 11 is 2.09. The van der Waals surface area contributed by atoms with E-state index in [9.17, 15) is 8.42 Å². The zero-order chi connectivity index (χ0) is 17.9. The quantitative estimate of drug-likeness (QED) is 0.724. The maximum atomic E-state index is 11.8. The Morgan fingerprint density at radius 3 is 2.52 bits per heavy atom. The lowest BCUT2D eigenvalue weighted by Crippen LogP contribution is -2.57. The lowest BCUT2D eigenvalue weighted by molar-refractivity contribution is 0.0250. The molecule has 4 unspecified atom stereocenters. The predicted molar refractivity (Wildman–Crippen MR) is 105 cm³/mol. The maximum Gasteiger partial charge on any atom is 0.150 e. The normalized spacial score (nSPS) is 40.2. The average molecular weight is 391 g/mol. The average Bonchev–Trinajstić information content (AvgIpc) is 3.12. The molecule has 3 fully saturated rings. The highest BCUT2D eigenvalue weighted by atomic mass is 32.2. The van der Waals surface area contributed by atoms with E-state index in [0.29, 0.717) is 24.2 Å². The monoisotopic (exact) mass is 390 g/mol. The highest BCUT2D eigenvalue weighted by Gasteiger charge is 2.36. The zero-order valence-electron chi connectivity index (χ0n) is 15.6. The Balaban J connectivity index is 1.51. The number of piperidine rings is 1. The van der Waals surface area contributed by atoms with Gasteiger partial charge in [-0.25, -0.2) is 8.42 Å². The summed E-state index contributed by atoms with van der Waals surface area (Å²) in [6, 6.07) is 0.438. The summed E-state index contributed by atoms with van der Waals surface area (Å²) in [5, 5.41) is 8.17. The fourth-order valence-electron chi connectivity index (χ4n) is 4.70. The van der Waals surface area contributed by atoms with Gasteiger partial charge in [0.15, 0.2) is 0 Å². The van der Waals surface area contributed by atoms with Crippen LogP contribution in [0.3, 0.4) is 0 Å². The molecule has 4 atom stereocenters. The van der Waals surface area contributed by atoms with E-state index in [-0.39, 0.29) is 5.25 Å². The molecule has 2 heterocycles. The highest BCUT2D eigenvalue weighted by Crippen LogP contribution is 2.34. The van der Waals surface area contributed by atoms with Gasteiger partial charge in [0, 0.05) is 37.6 Å². The first-order chi connectivity index (χ1) is 12.0. The van der Waals surface area contributed by atoms with Crippen molar-refractivity contribution in [1.82, 2.24) is 10.6 Å². The molecule has 0 amide bonds. The van der Waals surface area contributed by atoms with Gasteiger partial charge in [-0.05, 0) is 56.6 Å². The molecule has 3 aliphatic rings. The number of thioether (sulfide) groups is 1. The van der Waals surface area contributed by atoms with Crippen LogP contribution in [0.2, 0.25) is 0 Å². The first kappa shape index (κ1) is 19.9. The van der Waals surface area contributed by atoms with Gasteiger partial charge in [-0.2, -0.15) is 11.8 Å². The number of hydrogen-bond donors (Lipinski definition) is 2. The third kappa shape index (κ3) is 5.58. The van der Waals surface area contributed by atoms with Crippen molar-refractivity contribution in [2.45, 2.75) is 80.2 Å². The molecule has 2 saturated heterocycles. The minimum atomic E-state index is -2.88. The number of nitrogens with one attached hydrogen (secondary N) is 2. The Kier molecular flexibility index (Phi) is 7.10. The van der Waals surface area contributed by atoms with Crippen LogP contribution in [0.5, 0.6) is 0 Å². The standard InChI is InChI=1S/C18H34N2O3S2/c1-23-14-10-17(13-5-7-16(8-6-13)25(2,21)22)20-18(11-14)19-12-15-4-3-9-24-15/h13-20H,3-12H2,1-2H3. The lowest BCUT2D eigenvalue weighted by Gasteiger charge is -2.42. The van der Waals surface area contributed by atoms with Crippen LogP contribution in [0, 0.1) is 5.92 Å². The third-order valence-corrected chi connectivity index (χ3v) is 9.35. The summed E-state index contributed by atoms with van der Waals surface area (Å²) in [5.74, 6) is 1.87. The topological polar surface area (TPSA) is 67.4 Å². The zero-order valence-corrected chi connectivity index (χ0v) is 17.2. The van der Waals surface area contributed by atoms with E-state index in [2.05, 4.69) is 22.4 Å². The van der Waals surface area contributed by atoms with E-state index < -0.39 is 9.84 Å². The molecule has 0 aromatic carbocycles. The molecule has 2 N–H and O–H groups in total. The fraction of sp³-hybridized carbons (Fsp3) is 1.00. The van der Waals surface area contributed by atoms with Gasteiger partial charge in [0.05, 0.1) is 17.5 Å². The van der Waals surface area contributed by atoms with Crippen molar-refractivity contribution in [1.29, 1.82) is 0 Å². The molecule has 3 rings (SSSR count). The van der Waals surface area contributed by atoms with Crippen LogP contribution < -0.4 is 10.6 Å². The molecular formula is C18H34N2O3S2. The summed E-state index contributed by atoms with van der Waals surface area (Å²) in [6.07, 6.45) is 10.4. The van der Waals surface area contributed by atoms with Gasteiger partial charge < -0.3 is 10.1 Å². The van der Waals surface area contributed by atoms with Crippen molar-refractivity contribution in [2.24, 2.45) is 5.92 Å². The van der Waals surface area contributed by atoms with Crippen molar-refractivity contribution < 1.29 is 13.2 Å². The van der Waals surface area contributed by atoms with Crippen molar-refractivity contribution in [3.8, 4) is 0 Å². The molecule has 0 spiro atoms. The van der Waals surface area contributed by atoms with Gasteiger partial charge in [-0.15, -0.1) is 0 Å². The second-order valence-electron chi connectivity index (χ2n) is 8.06. The molecule has 25 heavy (non-hydrogen) atoms. The smallest absolute Gasteiger partial charge is 0.150 e. The number of sulfone groups is 1. The molecule has 5 nitrogen and oxygen atoms in total. The van der Waals surface area contributed by atoms with Gasteiger partial charge >= 0.3 is 0 Å². The number of hydrogen-bond acceptors (Lipinski definition) is 6. The second kappa shape index (κ2) is 8.91. The molecule has 7 heteroatoms. The number of methoxy groups -OCH3 is 1. The first-order valence-electron chi connectivity index (χ1n) is 9.78. The van der Waals surface area contributed by atoms with Crippen LogP contribution in [0.1, 0.15) is 51.4 Å². The Bertz CT molecular complexity index is 514. The molecule has 146 valence electrons. The van der Waals surface area contributed by atoms with Crippen LogP contribution in [0.15, 0.2) is 0 Å². The highest BCUT2D eigenvalue weighted by molar-refractivity contribution is 8.00. The van der Waals surface area contributed by atoms with Gasteiger partial charge in [0.25, 0.3) is 0 Å². The number of rotatable bonds is 6. The van der Waals surface area contributed by atoms with E-state index in [1.54, 1.807) is 0 Å². The minimum Gasteiger partial charge on any atom is -0.381 e. The van der Waals surface area contributed by atoms with Gasteiger partial charge in [-0.3, -0.25) is 5.32 Å². The molecule has 1 aliphatic carbocycles. The van der Waals surface area contributed by atoms with Crippen LogP contribution in [0.25, 0.3) is 0 Å². The van der Waals surface area contributed by atoms with E-state index >= 15 is 0 Å². The molecule has 0 aromatic rings. The summed E-state index contributed by atoms with van der Waals surface area (Å²) in [5.41, 5.74) is 0. The SMILES string of the molecule is COC1CC(NCC2CCCS2)NC(C2CCC(S(C)(=O)=O)CC2)C1.